The van der Waals surface area contributed by atoms with Crippen LogP contribution >= 0.6 is 0 Å². The predicted octanol–water partition coefficient (Wildman–Crippen LogP) is 1.41. The van der Waals surface area contributed by atoms with Crippen molar-refractivity contribution in [1.82, 2.24) is 9.47 Å². The summed E-state index contributed by atoms with van der Waals surface area (Å²) in [5.41, 5.74) is 0.383. The van der Waals surface area contributed by atoms with Gasteiger partial charge in [-0.3, -0.25) is 19.0 Å². The fourth-order valence-corrected chi connectivity index (χ4v) is 3.33. The smallest absolute Gasteiger partial charge is 0.294 e. The second kappa shape index (κ2) is 6.86. The first-order valence-electron chi connectivity index (χ1n) is 8.45. The van der Waals surface area contributed by atoms with Gasteiger partial charge in [0.1, 0.15) is 11.6 Å². The van der Waals surface area contributed by atoms with Crippen LogP contribution in [0.2, 0.25) is 0 Å². The molecule has 0 aliphatic carbocycles. The van der Waals surface area contributed by atoms with Gasteiger partial charge in [-0.15, -0.1) is 0 Å². The van der Waals surface area contributed by atoms with Crippen molar-refractivity contribution in [1.29, 1.82) is 0 Å². The van der Waals surface area contributed by atoms with Crippen LogP contribution in [0.5, 0.6) is 5.75 Å². The van der Waals surface area contributed by atoms with Crippen LogP contribution in [0.3, 0.4) is 0 Å². The van der Waals surface area contributed by atoms with Crippen molar-refractivity contribution in [2.45, 2.75) is 19.9 Å². The molecule has 0 radical (unpaired) electrons. The number of carbonyl (C=O) groups excluding carboxylic acids is 2. The van der Waals surface area contributed by atoms with Crippen molar-refractivity contribution in [2.24, 2.45) is 7.05 Å². The van der Waals surface area contributed by atoms with E-state index in [-0.39, 0.29) is 23.8 Å². The number of halogens is 1. The first-order valence-corrected chi connectivity index (χ1v) is 8.45. The number of nitrogens with zero attached hydrogens (tertiary/aromatic N) is 3. The maximum Gasteiger partial charge on any atom is 0.294 e. The third-order valence-electron chi connectivity index (χ3n) is 4.84. The van der Waals surface area contributed by atoms with E-state index in [0.29, 0.717) is 24.3 Å². The molecule has 1 aliphatic rings. The molecule has 8 heteroatoms. The lowest BCUT2D eigenvalue weighted by atomic mass is 9.97. The number of pyridine rings is 1. The van der Waals surface area contributed by atoms with Gasteiger partial charge in [-0.2, -0.15) is 0 Å². The number of aromatic hydroxyl groups is 1. The monoisotopic (exact) mass is 373 g/mol. The lowest BCUT2D eigenvalue weighted by molar-refractivity contribution is -0.116. The van der Waals surface area contributed by atoms with Crippen LogP contribution in [0.4, 0.5) is 10.2 Å². The van der Waals surface area contributed by atoms with Crippen LogP contribution in [-0.2, 0) is 24.8 Å². The predicted molar refractivity (Wildman–Crippen MR) is 97.3 cm³/mol. The van der Waals surface area contributed by atoms with Crippen LogP contribution in [0.1, 0.15) is 28.4 Å². The minimum Gasteiger partial charge on any atom is -0.502 e. The zero-order valence-corrected chi connectivity index (χ0v) is 15.3. The summed E-state index contributed by atoms with van der Waals surface area (Å²) in [4.78, 5) is 40.0. The van der Waals surface area contributed by atoms with E-state index in [1.165, 1.54) is 47.5 Å². The van der Waals surface area contributed by atoms with Crippen molar-refractivity contribution >= 4 is 17.6 Å². The molecule has 142 valence electrons. The van der Waals surface area contributed by atoms with Crippen LogP contribution in [0.15, 0.2) is 29.1 Å². The van der Waals surface area contributed by atoms with Crippen molar-refractivity contribution in [3.63, 3.8) is 0 Å². The number of anilines is 1. The summed E-state index contributed by atoms with van der Waals surface area (Å²) in [6, 6.07) is 5.78. The molecule has 1 N–H and O–H groups in total. The SMILES string of the molecule is CC(=O)N(C)c1c2c(c(O)c(=O)n1C)C(=O)N(Cc1ccc(F)cc1)CC2. The van der Waals surface area contributed by atoms with Crippen LogP contribution in [0, 0.1) is 5.82 Å². The Labute approximate surface area is 155 Å². The normalized spacial score (nSPS) is 13.5. The Morgan fingerprint density at radius 2 is 1.89 bits per heavy atom. The number of amides is 2. The van der Waals surface area contributed by atoms with Crippen LogP contribution in [0.25, 0.3) is 0 Å². The summed E-state index contributed by atoms with van der Waals surface area (Å²) in [6.07, 6.45) is 0.372. The molecule has 3 rings (SSSR count). The molecule has 0 saturated carbocycles. The average Bonchev–Trinajstić information content (AvgIpc) is 2.63. The van der Waals surface area contributed by atoms with E-state index in [9.17, 15) is 23.9 Å². The average molecular weight is 373 g/mol. The van der Waals surface area contributed by atoms with Crippen molar-refractivity contribution < 1.29 is 19.1 Å². The molecule has 2 amide bonds. The zero-order chi connectivity index (χ0) is 19.9. The number of benzene rings is 1. The molecule has 0 fully saturated rings. The Balaban J connectivity index is 2.06. The van der Waals surface area contributed by atoms with Gasteiger partial charge in [-0.25, -0.2) is 4.39 Å². The number of hydrogen-bond donors (Lipinski definition) is 1. The Morgan fingerprint density at radius 1 is 1.26 bits per heavy atom. The molecule has 0 bridgehead atoms. The molecule has 2 aromatic rings. The summed E-state index contributed by atoms with van der Waals surface area (Å²) in [7, 11) is 2.97. The Hall–Kier alpha value is -3.16. The van der Waals surface area contributed by atoms with Gasteiger partial charge in [0.25, 0.3) is 11.5 Å². The van der Waals surface area contributed by atoms with Gasteiger partial charge < -0.3 is 14.9 Å². The van der Waals surface area contributed by atoms with Gasteiger partial charge in [-0.05, 0) is 24.1 Å². The quantitative estimate of drug-likeness (QED) is 0.882. The second-order valence-corrected chi connectivity index (χ2v) is 6.57. The molecule has 0 unspecified atom stereocenters. The largest absolute Gasteiger partial charge is 0.502 e. The molecule has 27 heavy (non-hydrogen) atoms. The minimum absolute atomic E-state index is 0.0745. The summed E-state index contributed by atoms with van der Waals surface area (Å²) in [6.45, 7) is 1.93. The van der Waals surface area contributed by atoms with Crippen LogP contribution < -0.4 is 10.5 Å². The minimum atomic E-state index is -0.742. The molecular formula is C19H20FN3O4. The molecule has 2 heterocycles. The van der Waals surface area contributed by atoms with Crippen molar-refractivity contribution in [2.75, 3.05) is 18.5 Å². The molecule has 1 aromatic heterocycles. The highest BCUT2D eigenvalue weighted by Gasteiger charge is 2.33. The fraction of sp³-hybridized carbons (Fsp3) is 0.316. The number of aromatic nitrogens is 1. The van der Waals surface area contributed by atoms with E-state index in [1.54, 1.807) is 12.1 Å². The second-order valence-electron chi connectivity index (χ2n) is 6.57. The molecule has 1 aromatic carbocycles. The lowest BCUT2D eigenvalue weighted by Crippen LogP contribution is -2.41. The Bertz CT molecular complexity index is 982. The molecule has 0 atom stereocenters. The van der Waals surface area contributed by atoms with E-state index < -0.39 is 17.2 Å². The summed E-state index contributed by atoms with van der Waals surface area (Å²) in [5.74, 6) is -1.47. The number of fused-ring (bicyclic) bond motifs is 1. The van der Waals surface area contributed by atoms with Gasteiger partial charge in [0.15, 0.2) is 5.75 Å². The van der Waals surface area contributed by atoms with Gasteiger partial charge >= 0.3 is 0 Å². The van der Waals surface area contributed by atoms with E-state index >= 15 is 0 Å². The molecule has 0 spiro atoms. The first-order chi connectivity index (χ1) is 12.7. The van der Waals surface area contributed by atoms with Crippen molar-refractivity contribution in [3.8, 4) is 5.75 Å². The third kappa shape index (κ3) is 3.18. The summed E-state index contributed by atoms with van der Waals surface area (Å²) in [5, 5.41) is 10.3. The molecular weight excluding hydrogens is 353 g/mol. The highest BCUT2D eigenvalue weighted by Crippen LogP contribution is 2.32. The van der Waals surface area contributed by atoms with Gasteiger partial charge in [-0.1, -0.05) is 12.1 Å². The number of hydrogen-bond acceptors (Lipinski definition) is 4. The van der Waals surface area contributed by atoms with E-state index in [4.69, 9.17) is 0 Å². The number of rotatable bonds is 3. The van der Waals surface area contributed by atoms with Crippen molar-refractivity contribution in [3.05, 3.63) is 57.1 Å². The van der Waals surface area contributed by atoms with Gasteiger partial charge in [0.05, 0.1) is 5.56 Å². The fourth-order valence-electron chi connectivity index (χ4n) is 3.33. The molecule has 7 nitrogen and oxygen atoms in total. The summed E-state index contributed by atoms with van der Waals surface area (Å²) < 4.78 is 14.3. The highest BCUT2D eigenvalue weighted by molar-refractivity contribution is 6.02. The highest BCUT2D eigenvalue weighted by atomic mass is 19.1. The van der Waals surface area contributed by atoms with E-state index in [1.807, 2.05) is 0 Å². The van der Waals surface area contributed by atoms with E-state index in [0.717, 1.165) is 5.56 Å². The van der Waals surface area contributed by atoms with Gasteiger partial charge in [0, 0.05) is 39.7 Å². The van der Waals surface area contributed by atoms with E-state index in [2.05, 4.69) is 0 Å². The molecule has 0 saturated heterocycles. The standard InChI is InChI=1S/C19H20FN3O4/c1-11(24)21(2)17-14-8-9-23(10-12-4-6-13(20)7-5-12)18(26)15(14)16(25)19(27)22(17)3/h4-7,25H,8-10H2,1-3H3. The Kier molecular flexibility index (Phi) is 4.73. The van der Waals surface area contributed by atoms with Crippen LogP contribution in [-0.4, -0.2) is 40.0 Å². The topological polar surface area (TPSA) is 82.9 Å². The third-order valence-corrected chi connectivity index (χ3v) is 4.84. The molecule has 1 aliphatic heterocycles. The number of carbonyl (C=O) groups is 2. The zero-order valence-electron chi connectivity index (χ0n) is 15.3. The van der Waals surface area contributed by atoms with Gasteiger partial charge in [0.2, 0.25) is 5.91 Å². The lowest BCUT2D eigenvalue weighted by Gasteiger charge is -2.32. The first kappa shape index (κ1) is 18.6. The summed E-state index contributed by atoms with van der Waals surface area (Å²) >= 11 is 0. The Morgan fingerprint density at radius 3 is 2.48 bits per heavy atom. The maximum absolute atomic E-state index is 13.1. The maximum atomic E-state index is 13.1.